The Balaban J connectivity index is 1.93. The van der Waals surface area contributed by atoms with Gasteiger partial charge in [-0.3, -0.25) is 4.79 Å². The summed E-state index contributed by atoms with van der Waals surface area (Å²) >= 11 is 0. The van der Waals surface area contributed by atoms with Crippen LogP contribution in [-0.2, 0) is 11.2 Å². The van der Waals surface area contributed by atoms with Crippen molar-refractivity contribution in [2.24, 2.45) is 5.92 Å². The largest absolute Gasteiger partial charge is 0.478 e. The molecule has 1 atom stereocenters. The zero-order valence-corrected chi connectivity index (χ0v) is 12.5. The van der Waals surface area contributed by atoms with Gasteiger partial charge in [0.05, 0.1) is 12.0 Å². The van der Waals surface area contributed by atoms with E-state index >= 15 is 0 Å². The molecule has 1 fully saturated rings. The molecule has 0 aromatic heterocycles. The van der Waals surface area contributed by atoms with Crippen LogP contribution in [-0.4, -0.2) is 35.0 Å². The van der Waals surface area contributed by atoms with Gasteiger partial charge in [0, 0.05) is 13.1 Å². The maximum absolute atomic E-state index is 12.3. The molecule has 114 valence electrons. The molecule has 1 aromatic carbocycles. The van der Waals surface area contributed by atoms with Crippen LogP contribution in [0.3, 0.4) is 0 Å². The lowest BCUT2D eigenvalue weighted by molar-refractivity contribution is -0.130. The van der Waals surface area contributed by atoms with Crippen molar-refractivity contribution in [2.45, 2.75) is 39.0 Å². The Morgan fingerprint density at radius 3 is 2.52 bits per heavy atom. The minimum Gasteiger partial charge on any atom is -0.478 e. The standard InChI is InChI=1S/C17H23NO3/c1-2-13-4-3-10-18(11-9-13)16(19)12-14-5-7-15(8-6-14)17(20)21/h5-8,13H,2-4,9-12H2,1H3,(H,20,21). The van der Waals surface area contributed by atoms with E-state index in [9.17, 15) is 9.59 Å². The predicted molar refractivity (Wildman–Crippen MR) is 81.3 cm³/mol. The summed E-state index contributed by atoms with van der Waals surface area (Å²) in [5.41, 5.74) is 1.13. The highest BCUT2D eigenvalue weighted by molar-refractivity contribution is 5.87. The topological polar surface area (TPSA) is 57.6 Å². The zero-order chi connectivity index (χ0) is 15.2. The van der Waals surface area contributed by atoms with Crippen molar-refractivity contribution in [1.82, 2.24) is 4.90 Å². The number of aromatic carboxylic acids is 1. The van der Waals surface area contributed by atoms with Crippen molar-refractivity contribution in [3.05, 3.63) is 35.4 Å². The molecule has 1 unspecified atom stereocenters. The van der Waals surface area contributed by atoms with Crippen LogP contribution in [0.2, 0.25) is 0 Å². The number of carboxylic acids is 1. The van der Waals surface area contributed by atoms with Crippen LogP contribution >= 0.6 is 0 Å². The second kappa shape index (κ2) is 7.25. The van der Waals surface area contributed by atoms with Gasteiger partial charge in [0.2, 0.25) is 5.91 Å². The van der Waals surface area contributed by atoms with Crippen LogP contribution in [0.25, 0.3) is 0 Å². The molecule has 4 nitrogen and oxygen atoms in total. The summed E-state index contributed by atoms with van der Waals surface area (Å²) in [7, 11) is 0. The fraction of sp³-hybridized carbons (Fsp3) is 0.529. The summed E-state index contributed by atoms with van der Waals surface area (Å²) in [4.78, 5) is 25.1. The fourth-order valence-electron chi connectivity index (χ4n) is 2.87. The first kappa shape index (κ1) is 15.5. The van der Waals surface area contributed by atoms with E-state index in [-0.39, 0.29) is 11.5 Å². The van der Waals surface area contributed by atoms with E-state index < -0.39 is 5.97 Å². The highest BCUT2D eigenvalue weighted by Crippen LogP contribution is 2.20. The van der Waals surface area contributed by atoms with Gasteiger partial charge in [-0.05, 0) is 42.9 Å². The first-order valence-corrected chi connectivity index (χ1v) is 7.70. The highest BCUT2D eigenvalue weighted by atomic mass is 16.4. The molecule has 0 saturated carbocycles. The number of nitrogens with zero attached hydrogens (tertiary/aromatic N) is 1. The maximum atomic E-state index is 12.3. The minimum atomic E-state index is -0.939. The molecule has 1 saturated heterocycles. The van der Waals surface area contributed by atoms with Crippen LogP contribution in [0.15, 0.2) is 24.3 Å². The van der Waals surface area contributed by atoms with Crippen LogP contribution in [0.5, 0.6) is 0 Å². The quantitative estimate of drug-likeness (QED) is 0.927. The molecule has 1 aliphatic rings. The van der Waals surface area contributed by atoms with Crippen LogP contribution in [0, 0.1) is 5.92 Å². The van der Waals surface area contributed by atoms with Gasteiger partial charge in [0.1, 0.15) is 0 Å². The highest BCUT2D eigenvalue weighted by Gasteiger charge is 2.19. The molecule has 4 heteroatoms. The Kier molecular flexibility index (Phi) is 5.37. The van der Waals surface area contributed by atoms with Crippen molar-refractivity contribution >= 4 is 11.9 Å². The van der Waals surface area contributed by atoms with E-state index in [1.54, 1.807) is 24.3 Å². The van der Waals surface area contributed by atoms with Crippen LogP contribution in [0.1, 0.15) is 48.5 Å². The van der Waals surface area contributed by atoms with Gasteiger partial charge in [-0.1, -0.05) is 25.5 Å². The summed E-state index contributed by atoms with van der Waals surface area (Å²) in [6.45, 7) is 3.92. The van der Waals surface area contributed by atoms with E-state index in [2.05, 4.69) is 6.92 Å². The third-order valence-corrected chi connectivity index (χ3v) is 4.33. The lowest BCUT2D eigenvalue weighted by atomic mass is 9.98. The minimum absolute atomic E-state index is 0.148. The Hall–Kier alpha value is -1.84. The zero-order valence-electron chi connectivity index (χ0n) is 12.5. The van der Waals surface area contributed by atoms with Gasteiger partial charge < -0.3 is 10.0 Å². The molecule has 0 bridgehead atoms. The monoisotopic (exact) mass is 289 g/mol. The number of hydrogen-bond donors (Lipinski definition) is 1. The molecular formula is C17H23NO3. The van der Waals surface area contributed by atoms with Crippen molar-refractivity contribution in [3.8, 4) is 0 Å². The number of likely N-dealkylation sites (tertiary alicyclic amines) is 1. The number of carbonyl (C=O) groups is 2. The predicted octanol–water partition coefficient (Wildman–Crippen LogP) is 2.97. The average Bonchev–Trinajstić information content (AvgIpc) is 2.73. The third-order valence-electron chi connectivity index (χ3n) is 4.33. The van der Waals surface area contributed by atoms with Gasteiger partial charge in [0.25, 0.3) is 0 Å². The summed E-state index contributed by atoms with van der Waals surface area (Å²) in [6.07, 6.45) is 4.95. The molecule has 2 rings (SSSR count). The number of amides is 1. The molecule has 1 amide bonds. The molecule has 0 aliphatic carbocycles. The van der Waals surface area contributed by atoms with Gasteiger partial charge in [0.15, 0.2) is 0 Å². The normalized spacial score (nSPS) is 19.1. The number of benzene rings is 1. The van der Waals surface area contributed by atoms with Gasteiger partial charge in [-0.25, -0.2) is 4.79 Å². The van der Waals surface area contributed by atoms with Crippen molar-refractivity contribution in [3.63, 3.8) is 0 Å². The fourth-order valence-corrected chi connectivity index (χ4v) is 2.87. The van der Waals surface area contributed by atoms with E-state index in [0.717, 1.165) is 37.4 Å². The van der Waals surface area contributed by atoms with E-state index in [4.69, 9.17) is 5.11 Å². The Morgan fingerprint density at radius 1 is 1.19 bits per heavy atom. The number of hydrogen-bond acceptors (Lipinski definition) is 2. The summed E-state index contributed by atoms with van der Waals surface area (Å²) in [5.74, 6) is -0.0431. The lowest BCUT2D eigenvalue weighted by Crippen LogP contribution is -2.33. The van der Waals surface area contributed by atoms with Crippen molar-refractivity contribution in [1.29, 1.82) is 0 Å². The number of carboxylic acid groups (broad SMARTS) is 1. The molecule has 1 N–H and O–H groups in total. The summed E-state index contributed by atoms with van der Waals surface area (Å²) < 4.78 is 0. The Morgan fingerprint density at radius 2 is 1.90 bits per heavy atom. The smallest absolute Gasteiger partial charge is 0.335 e. The summed E-state index contributed by atoms with van der Waals surface area (Å²) in [6, 6.07) is 6.57. The molecular weight excluding hydrogens is 266 g/mol. The van der Waals surface area contributed by atoms with E-state index in [1.807, 2.05) is 4.90 Å². The van der Waals surface area contributed by atoms with Gasteiger partial charge >= 0.3 is 5.97 Å². The van der Waals surface area contributed by atoms with E-state index in [1.165, 1.54) is 12.8 Å². The summed E-state index contributed by atoms with van der Waals surface area (Å²) in [5, 5.41) is 8.87. The van der Waals surface area contributed by atoms with Crippen LogP contribution in [0.4, 0.5) is 0 Å². The second-order valence-electron chi connectivity index (χ2n) is 5.76. The van der Waals surface area contributed by atoms with Crippen LogP contribution < -0.4 is 0 Å². The molecule has 1 aliphatic heterocycles. The molecule has 0 spiro atoms. The Labute approximate surface area is 125 Å². The molecule has 0 radical (unpaired) electrons. The first-order valence-electron chi connectivity index (χ1n) is 7.70. The Bertz CT molecular complexity index is 495. The third kappa shape index (κ3) is 4.31. The van der Waals surface area contributed by atoms with Crippen molar-refractivity contribution in [2.75, 3.05) is 13.1 Å². The lowest BCUT2D eigenvalue weighted by Gasteiger charge is -2.20. The maximum Gasteiger partial charge on any atom is 0.335 e. The van der Waals surface area contributed by atoms with E-state index in [0.29, 0.717) is 6.42 Å². The molecule has 1 heterocycles. The number of carbonyl (C=O) groups excluding carboxylic acids is 1. The van der Waals surface area contributed by atoms with Crippen molar-refractivity contribution < 1.29 is 14.7 Å². The SMILES string of the molecule is CCC1CCCN(C(=O)Cc2ccc(C(=O)O)cc2)CC1. The molecule has 21 heavy (non-hydrogen) atoms. The molecule has 1 aromatic rings. The first-order chi connectivity index (χ1) is 10.1. The van der Waals surface area contributed by atoms with Gasteiger partial charge in [-0.2, -0.15) is 0 Å². The second-order valence-corrected chi connectivity index (χ2v) is 5.76. The van der Waals surface area contributed by atoms with Gasteiger partial charge in [-0.15, -0.1) is 0 Å². The number of rotatable bonds is 4. The average molecular weight is 289 g/mol.